The summed E-state index contributed by atoms with van der Waals surface area (Å²) in [4.78, 5) is 10.7. The molecule has 2 aromatic rings. The second-order valence-corrected chi connectivity index (χ2v) is 4.00. The third-order valence-corrected chi connectivity index (χ3v) is 2.87. The van der Waals surface area contributed by atoms with E-state index in [0.717, 1.165) is 17.3 Å². The number of hydrogen-bond acceptors (Lipinski definition) is 5. The first-order valence-electron chi connectivity index (χ1n) is 5.52. The molecule has 2 aromatic heterocycles. The van der Waals surface area contributed by atoms with Gasteiger partial charge in [0.1, 0.15) is 5.82 Å². The van der Waals surface area contributed by atoms with Gasteiger partial charge in [-0.05, 0) is 6.92 Å². The minimum atomic E-state index is -0.00453. The summed E-state index contributed by atoms with van der Waals surface area (Å²) in [6.45, 7) is 2.02. The molecule has 1 unspecified atom stereocenters. The molecule has 0 radical (unpaired) electrons. The molecule has 0 bridgehead atoms. The van der Waals surface area contributed by atoms with Crippen molar-refractivity contribution in [2.24, 2.45) is 0 Å². The minimum Gasteiger partial charge on any atom is -0.394 e. The Kier molecular flexibility index (Phi) is 3.14. The van der Waals surface area contributed by atoms with Crippen LogP contribution in [0.4, 0.5) is 11.6 Å². The number of aliphatic hydroxyl groups is 1. The van der Waals surface area contributed by atoms with Crippen LogP contribution in [0.1, 0.15) is 6.92 Å². The Morgan fingerprint density at radius 1 is 1.59 bits per heavy atom. The largest absolute Gasteiger partial charge is 0.394 e. The highest BCUT2D eigenvalue weighted by Gasteiger charge is 2.15. The van der Waals surface area contributed by atoms with Crippen molar-refractivity contribution in [3.8, 4) is 0 Å². The molecular formula is C11H17N5O. The average Bonchev–Trinajstić information content (AvgIpc) is 2.83. The second-order valence-electron chi connectivity index (χ2n) is 4.00. The standard InChI is InChI=1S/C11H17N5O/c1-8(7-17)15(3)11-10-13-4-5-16(10)6-9(12-2)14-11/h4-6,8,12,17H,7H2,1-3H3. The van der Waals surface area contributed by atoms with Crippen molar-refractivity contribution >= 4 is 17.3 Å². The number of anilines is 2. The summed E-state index contributed by atoms with van der Waals surface area (Å²) in [5.41, 5.74) is 0.784. The van der Waals surface area contributed by atoms with Crippen molar-refractivity contribution in [2.45, 2.75) is 13.0 Å². The topological polar surface area (TPSA) is 65.7 Å². The maximum atomic E-state index is 9.20. The Labute approximate surface area is 99.9 Å². The van der Waals surface area contributed by atoms with E-state index >= 15 is 0 Å². The maximum Gasteiger partial charge on any atom is 0.180 e. The van der Waals surface area contributed by atoms with Crippen LogP contribution >= 0.6 is 0 Å². The summed E-state index contributed by atoms with van der Waals surface area (Å²) in [6, 6.07) is -0.00453. The molecule has 17 heavy (non-hydrogen) atoms. The van der Waals surface area contributed by atoms with Crippen LogP contribution in [0, 0.1) is 0 Å². The van der Waals surface area contributed by atoms with E-state index in [2.05, 4.69) is 15.3 Å². The molecule has 0 aliphatic rings. The zero-order chi connectivity index (χ0) is 12.4. The van der Waals surface area contributed by atoms with Crippen LogP contribution in [0.25, 0.3) is 5.65 Å². The molecule has 0 spiro atoms. The molecular weight excluding hydrogens is 218 g/mol. The fourth-order valence-corrected chi connectivity index (χ4v) is 1.60. The summed E-state index contributed by atoms with van der Waals surface area (Å²) in [6.07, 6.45) is 5.49. The molecule has 0 fully saturated rings. The first-order valence-corrected chi connectivity index (χ1v) is 5.52. The Morgan fingerprint density at radius 2 is 2.35 bits per heavy atom. The molecule has 1 atom stereocenters. The molecule has 0 aliphatic carbocycles. The number of likely N-dealkylation sites (N-methyl/N-ethyl adjacent to an activating group) is 1. The molecule has 0 saturated heterocycles. The third-order valence-electron chi connectivity index (χ3n) is 2.87. The molecule has 2 rings (SSSR count). The normalized spacial score (nSPS) is 12.7. The van der Waals surface area contributed by atoms with Gasteiger partial charge in [-0.3, -0.25) is 0 Å². The van der Waals surface area contributed by atoms with Gasteiger partial charge in [-0.2, -0.15) is 0 Å². The van der Waals surface area contributed by atoms with Crippen LogP contribution in [0.15, 0.2) is 18.6 Å². The Bertz CT molecular complexity index is 510. The van der Waals surface area contributed by atoms with E-state index < -0.39 is 0 Å². The van der Waals surface area contributed by atoms with Crippen LogP contribution in [0.5, 0.6) is 0 Å². The van der Waals surface area contributed by atoms with Crippen LogP contribution in [0.3, 0.4) is 0 Å². The van der Waals surface area contributed by atoms with E-state index in [1.165, 1.54) is 0 Å². The predicted octanol–water partition coefficient (Wildman–Crippen LogP) is 0.588. The van der Waals surface area contributed by atoms with Gasteiger partial charge in [-0.1, -0.05) is 0 Å². The Balaban J connectivity index is 2.53. The Morgan fingerprint density at radius 3 is 3.00 bits per heavy atom. The van der Waals surface area contributed by atoms with Crippen molar-refractivity contribution in [3.05, 3.63) is 18.6 Å². The highest BCUT2D eigenvalue weighted by molar-refractivity contribution is 5.66. The van der Waals surface area contributed by atoms with Crippen molar-refractivity contribution in [1.82, 2.24) is 14.4 Å². The van der Waals surface area contributed by atoms with E-state index in [-0.39, 0.29) is 12.6 Å². The summed E-state index contributed by atoms with van der Waals surface area (Å²) in [7, 11) is 3.72. The van der Waals surface area contributed by atoms with Gasteiger partial charge in [0.15, 0.2) is 11.5 Å². The van der Waals surface area contributed by atoms with Gasteiger partial charge in [0.25, 0.3) is 0 Å². The Hall–Kier alpha value is -1.82. The van der Waals surface area contributed by atoms with Crippen LogP contribution in [0.2, 0.25) is 0 Å². The molecule has 0 saturated carbocycles. The molecule has 92 valence electrons. The highest BCUT2D eigenvalue weighted by atomic mass is 16.3. The zero-order valence-corrected chi connectivity index (χ0v) is 10.3. The van der Waals surface area contributed by atoms with Crippen molar-refractivity contribution in [1.29, 1.82) is 0 Å². The fourth-order valence-electron chi connectivity index (χ4n) is 1.60. The number of rotatable bonds is 4. The van der Waals surface area contributed by atoms with E-state index in [9.17, 15) is 5.11 Å². The molecule has 6 heteroatoms. The van der Waals surface area contributed by atoms with Gasteiger partial charge in [0, 0.05) is 26.5 Å². The fraction of sp³-hybridized carbons (Fsp3) is 0.455. The second kappa shape index (κ2) is 4.58. The zero-order valence-electron chi connectivity index (χ0n) is 10.3. The lowest BCUT2D eigenvalue weighted by Gasteiger charge is -2.24. The predicted molar refractivity (Wildman–Crippen MR) is 67.5 cm³/mol. The number of aliphatic hydroxyl groups excluding tert-OH is 1. The van der Waals surface area contributed by atoms with Gasteiger partial charge in [0.05, 0.1) is 18.8 Å². The van der Waals surface area contributed by atoms with Gasteiger partial charge in [-0.15, -0.1) is 0 Å². The van der Waals surface area contributed by atoms with Gasteiger partial charge >= 0.3 is 0 Å². The van der Waals surface area contributed by atoms with Gasteiger partial charge in [-0.25, -0.2) is 9.97 Å². The lowest BCUT2D eigenvalue weighted by atomic mass is 10.3. The molecule has 0 aliphatic heterocycles. The summed E-state index contributed by atoms with van der Waals surface area (Å²) >= 11 is 0. The van der Waals surface area contributed by atoms with E-state index in [0.29, 0.717) is 0 Å². The van der Waals surface area contributed by atoms with Gasteiger partial charge in [0.2, 0.25) is 0 Å². The molecule has 2 heterocycles. The quantitative estimate of drug-likeness (QED) is 0.812. The lowest BCUT2D eigenvalue weighted by molar-refractivity contribution is 0.270. The minimum absolute atomic E-state index is 0.00453. The monoisotopic (exact) mass is 235 g/mol. The van der Waals surface area contributed by atoms with Crippen LogP contribution in [-0.2, 0) is 0 Å². The summed E-state index contributed by atoms with van der Waals surface area (Å²) in [5, 5.41) is 12.2. The summed E-state index contributed by atoms with van der Waals surface area (Å²) < 4.78 is 1.91. The molecule has 2 N–H and O–H groups in total. The number of nitrogens with one attached hydrogen (secondary N) is 1. The third kappa shape index (κ3) is 2.03. The van der Waals surface area contributed by atoms with Gasteiger partial charge < -0.3 is 19.7 Å². The number of imidazole rings is 1. The lowest BCUT2D eigenvalue weighted by Crippen LogP contribution is -2.33. The number of hydrogen-bond donors (Lipinski definition) is 2. The number of fused-ring (bicyclic) bond motifs is 1. The van der Waals surface area contributed by atoms with Crippen LogP contribution in [-0.4, -0.2) is 46.2 Å². The van der Waals surface area contributed by atoms with Crippen LogP contribution < -0.4 is 10.2 Å². The van der Waals surface area contributed by atoms with E-state index in [4.69, 9.17) is 0 Å². The van der Waals surface area contributed by atoms with E-state index in [1.807, 2.05) is 42.7 Å². The van der Waals surface area contributed by atoms with E-state index in [1.54, 1.807) is 6.20 Å². The first kappa shape index (κ1) is 11.7. The summed E-state index contributed by atoms with van der Waals surface area (Å²) in [5.74, 6) is 1.52. The molecule has 6 nitrogen and oxygen atoms in total. The SMILES string of the molecule is CNc1cn2ccnc2c(N(C)C(C)CO)n1. The smallest absolute Gasteiger partial charge is 0.180 e. The molecule has 0 amide bonds. The molecule has 0 aromatic carbocycles. The highest BCUT2D eigenvalue weighted by Crippen LogP contribution is 2.20. The van der Waals surface area contributed by atoms with Crippen molar-refractivity contribution in [2.75, 3.05) is 30.9 Å². The number of nitrogens with zero attached hydrogens (tertiary/aromatic N) is 4. The van der Waals surface area contributed by atoms with Crippen molar-refractivity contribution in [3.63, 3.8) is 0 Å². The first-order chi connectivity index (χ1) is 8.17. The number of aromatic nitrogens is 3. The van der Waals surface area contributed by atoms with Crippen molar-refractivity contribution < 1.29 is 5.11 Å². The maximum absolute atomic E-state index is 9.20. The average molecular weight is 235 g/mol.